The minimum absolute atomic E-state index is 0.0625. The summed E-state index contributed by atoms with van der Waals surface area (Å²) in [4.78, 5) is 23.5. The zero-order valence-corrected chi connectivity index (χ0v) is 16.7. The molecule has 0 unspecified atom stereocenters. The van der Waals surface area contributed by atoms with Crippen molar-refractivity contribution in [2.24, 2.45) is 5.41 Å². The molecule has 0 aliphatic heterocycles. The summed E-state index contributed by atoms with van der Waals surface area (Å²) >= 11 is 1.11. The summed E-state index contributed by atoms with van der Waals surface area (Å²) in [6.45, 7) is 7.29. The molecule has 1 heterocycles. The van der Waals surface area contributed by atoms with E-state index in [9.17, 15) is 18.0 Å². The predicted molar refractivity (Wildman–Crippen MR) is 97.2 cm³/mol. The number of nitrogens with one attached hydrogen (secondary N) is 1. The number of carboxylic acid groups (broad SMARTS) is 1. The number of rotatable bonds is 9. The molecular weight excluding hydrogens is 364 g/mol. The van der Waals surface area contributed by atoms with Gasteiger partial charge in [-0.3, -0.25) is 9.59 Å². The van der Waals surface area contributed by atoms with E-state index < -0.39 is 28.0 Å². The number of sulfonamides is 1. The molecule has 7 nitrogen and oxygen atoms in total. The number of carboxylic acids is 1. The van der Waals surface area contributed by atoms with E-state index in [2.05, 4.69) is 5.32 Å². The number of carbonyl (C=O) groups excluding carboxylic acids is 1. The second-order valence-corrected chi connectivity index (χ2v) is 10.0. The van der Waals surface area contributed by atoms with Gasteiger partial charge < -0.3 is 10.4 Å². The van der Waals surface area contributed by atoms with Crippen molar-refractivity contribution < 1.29 is 23.1 Å². The third kappa shape index (κ3) is 6.41. The van der Waals surface area contributed by atoms with Crippen molar-refractivity contribution in [3.63, 3.8) is 0 Å². The van der Waals surface area contributed by atoms with E-state index in [-0.39, 0.29) is 16.7 Å². The summed E-state index contributed by atoms with van der Waals surface area (Å²) in [6, 6.07) is 3.19. The second kappa shape index (κ2) is 8.77. The number of thiophene rings is 1. The molecule has 0 saturated heterocycles. The molecule has 0 atom stereocenters. The van der Waals surface area contributed by atoms with E-state index in [1.807, 2.05) is 20.8 Å². The molecule has 0 aromatic carbocycles. The highest BCUT2D eigenvalue weighted by Crippen LogP contribution is 2.25. The van der Waals surface area contributed by atoms with E-state index in [0.717, 1.165) is 20.5 Å². The van der Waals surface area contributed by atoms with Crippen molar-refractivity contribution in [3.8, 4) is 0 Å². The van der Waals surface area contributed by atoms with E-state index in [4.69, 9.17) is 5.11 Å². The predicted octanol–water partition coefficient (Wildman–Crippen LogP) is 1.94. The Hall–Kier alpha value is -1.45. The molecule has 1 rings (SSSR count). The van der Waals surface area contributed by atoms with E-state index in [0.29, 0.717) is 19.4 Å². The Morgan fingerprint density at radius 1 is 1.28 bits per heavy atom. The van der Waals surface area contributed by atoms with Crippen molar-refractivity contribution in [1.82, 2.24) is 9.62 Å². The molecule has 0 bridgehead atoms. The fourth-order valence-corrected chi connectivity index (χ4v) is 5.00. The zero-order valence-electron chi connectivity index (χ0n) is 15.0. The maximum Gasteiger partial charge on any atom is 0.318 e. The van der Waals surface area contributed by atoms with Gasteiger partial charge >= 0.3 is 5.97 Å². The Kier molecular flexibility index (Phi) is 7.58. The normalized spacial score (nSPS) is 12.4. The van der Waals surface area contributed by atoms with Crippen LogP contribution in [0.1, 0.15) is 39.0 Å². The molecule has 25 heavy (non-hydrogen) atoms. The second-order valence-electron chi connectivity index (χ2n) is 6.71. The number of hydrogen-bond acceptors (Lipinski definition) is 5. The summed E-state index contributed by atoms with van der Waals surface area (Å²) in [5, 5.41) is 11.7. The molecule has 142 valence electrons. The highest BCUT2D eigenvalue weighted by atomic mass is 32.2. The van der Waals surface area contributed by atoms with Crippen molar-refractivity contribution in [2.75, 3.05) is 19.6 Å². The largest absolute Gasteiger partial charge is 0.480 e. The van der Waals surface area contributed by atoms with Crippen LogP contribution in [0.5, 0.6) is 0 Å². The smallest absolute Gasteiger partial charge is 0.318 e. The summed E-state index contributed by atoms with van der Waals surface area (Å²) in [6.07, 6.45) is 1.05. The van der Waals surface area contributed by atoms with Crippen LogP contribution >= 0.6 is 11.3 Å². The lowest BCUT2D eigenvalue weighted by atomic mass is 9.96. The minimum atomic E-state index is -3.82. The van der Waals surface area contributed by atoms with Gasteiger partial charge in [0.05, 0.1) is 0 Å². The molecule has 0 spiro atoms. The Bertz CT molecular complexity index is 704. The van der Waals surface area contributed by atoms with E-state index >= 15 is 0 Å². The average Bonchev–Trinajstić information content (AvgIpc) is 2.95. The highest BCUT2D eigenvalue weighted by Gasteiger charge is 2.27. The first kappa shape index (κ1) is 21.6. The molecule has 0 radical (unpaired) electrons. The Morgan fingerprint density at radius 2 is 1.92 bits per heavy atom. The molecule has 0 fully saturated rings. The maximum atomic E-state index is 12.6. The summed E-state index contributed by atoms with van der Waals surface area (Å²) < 4.78 is 26.3. The first-order chi connectivity index (χ1) is 11.5. The Balaban J connectivity index is 2.78. The molecule has 0 aliphatic rings. The van der Waals surface area contributed by atoms with Crippen LogP contribution in [0, 0.1) is 5.41 Å². The summed E-state index contributed by atoms with van der Waals surface area (Å²) in [5.41, 5.74) is -0.471. The van der Waals surface area contributed by atoms with Gasteiger partial charge in [-0.05, 0) is 25.0 Å². The Labute approximate surface area is 153 Å². The number of carbonyl (C=O) groups is 2. The lowest BCUT2D eigenvalue weighted by molar-refractivity contribution is -0.137. The van der Waals surface area contributed by atoms with Crippen LogP contribution in [-0.2, 0) is 26.0 Å². The topological polar surface area (TPSA) is 104 Å². The molecule has 1 aromatic rings. The zero-order chi connectivity index (χ0) is 19.3. The van der Waals surface area contributed by atoms with E-state index in [1.54, 1.807) is 13.0 Å². The fourth-order valence-electron chi connectivity index (χ4n) is 2.01. The summed E-state index contributed by atoms with van der Waals surface area (Å²) in [5.74, 6) is -1.24. The van der Waals surface area contributed by atoms with Gasteiger partial charge in [0.15, 0.2) is 0 Å². The van der Waals surface area contributed by atoms with Gasteiger partial charge in [0.1, 0.15) is 10.8 Å². The van der Waals surface area contributed by atoms with Crippen molar-refractivity contribution in [1.29, 1.82) is 0 Å². The van der Waals surface area contributed by atoms with Crippen LogP contribution in [0.2, 0.25) is 0 Å². The number of nitrogens with zero attached hydrogens (tertiary/aromatic N) is 1. The van der Waals surface area contributed by atoms with Gasteiger partial charge in [0, 0.05) is 23.4 Å². The molecule has 1 aromatic heterocycles. The minimum Gasteiger partial charge on any atom is -0.480 e. The number of amides is 1. The molecule has 1 amide bonds. The monoisotopic (exact) mass is 390 g/mol. The van der Waals surface area contributed by atoms with Crippen LogP contribution in [0.25, 0.3) is 0 Å². The van der Waals surface area contributed by atoms with Gasteiger partial charge in [-0.25, -0.2) is 8.42 Å². The van der Waals surface area contributed by atoms with Crippen LogP contribution in [0.4, 0.5) is 0 Å². The van der Waals surface area contributed by atoms with Gasteiger partial charge in [-0.2, -0.15) is 4.31 Å². The highest BCUT2D eigenvalue weighted by molar-refractivity contribution is 7.91. The third-order valence-corrected chi connectivity index (χ3v) is 6.81. The van der Waals surface area contributed by atoms with Gasteiger partial charge in [-0.1, -0.05) is 27.7 Å². The van der Waals surface area contributed by atoms with Gasteiger partial charge in [-0.15, -0.1) is 11.3 Å². The van der Waals surface area contributed by atoms with E-state index in [1.165, 1.54) is 6.07 Å². The summed E-state index contributed by atoms with van der Waals surface area (Å²) in [7, 11) is -3.82. The molecular formula is C16H26N2O5S2. The lowest BCUT2D eigenvalue weighted by Crippen LogP contribution is -2.36. The first-order valence-corrected chi connectivity index (χ1v) is 10.3. The van der Waals surface area contributed by atoms with Gasteiger partial charge in [0.2, 0.25) is 5.91 Å². The first-order valence-electron chi connectivity index (χ1n) is 8.07. The average molecular weight is 391 g/mol. The SMILES string of the molecule is CCCN(CC(=O)O)S(=O)(=O)c1ccc(CCNC(=O)C(C)(C)C)s1. The lowest BCUT2D eigenvalue weighted by Gasteiger charge is -2.18. The third-order valence-electron chi connectivity index (χ3n) is 3.35. The fraction of sp³-hybridized carbons (Fsp3) is 0.625. The standard InChI is InChI=1S/C16H26N2O5S2/c1-5-10-18(11-13(19)20)25(22,23)14-7-6-12(24-14)8-9-17-15(21)16(2,3)4/h6-7H,5,8-11H2,1-4H3,(H,17,21)(H,19,20). The van der Waals surface area contributed by atoms with Crippen molar-refractivity contribution >= 4 is 33.2 Å². The van der Waals surface area contributed by atoms with Crippen LogP contribution in [0.15, 0.2) is 16.3 Å². The molecule has 0 aliphatic carbocycles. The molecule has 9 heteroatoms. The number of aliphatic carboxylic acids is 1. The van der Waals surface area contributed by atoms with Crippen molar-refractivity contribution in [3.05, 3.63) is 17.0 Å². The maximum absolute atomic E-state index is 12.6. The van der Waals surface area contributed by atoms with Gasteiger partial charge in [0.25, 0.3) is 10.0 Å². The van der Waals surface area contributed by atoms with Crippen LogP contribution < -0.4 is 5.32 Å². The van der Waals surface area contributed by atoms with Crippen LogP contribution in [-0.4, -0.2) is 49.3 Å². The quantitative estimate of drug-likeness (QED) is 0.671. The van der Waals surface area contributed by atoms with Crippen LogP contribution in [0.3, 0.4) is 0 Å². The van der Waals surface area contributed by atoms with Crippen molar-refractivity contribution in [2.45, 2.75) is 44.7 Å². The molecule has 2 N–H and O–H groups in total. The molecule has 0 saturated carbocycles. The number of hydrogen-bond donors (Lipinski definition) is 2. The Morgan fingerprint density at radius 3 is 2.44 bits per heavy atom.